The van der Waals surface area contributed by atoms with Gasteiger partial charge in [-0.15, -0.1) is 0 Å². The van der Waals surface area contributed by atoms with Crippen molar-refractivity contribution in [1.82, 2.24) is 10.6 Å². The average Bonchev–Trinajstić information content (AvgIpc) is 3.10. The third-order valence-corrected chi connectivity index (χ3v) is 3.41. The van der Waals surface area contributed by atoms with Crippen molar-refractivity contribution in [3.05, 3.63) is 72.2 Å². The Labute approximate surface area is 143 Å². The molecule has 0 amide bonds. The smallest absolute Gasteiger partial charge is 0.191 e. The summed E-state index contributed by atoms with van der Waals surface area (Å²) in [6.07, 6.45) is 1.81. The second-order valence-corrected chi connectivity index (χ2v) is 5.68. The zero-order chi connectivity index (χ0) is 17.2. The second-order valence-electron chi connectivity index (χ2n) is 5.68. The monoisotopic (exact) mass is 327 g/mol. The Bertz CT molecular complexity index is 636. The van der Waals surface area contributed by atoms with Gasteiger partial charge in [0.05, 0.1) is 18.9 Å². The molecular formula is C19H25N3O2. The second kappa shape index (κ2) is 9.57. The van der Waals surface area contributed by atoms with Crippen molar-refractivity contribution in [3.8, 4) is 0 Å². The maximum atomic E-state index is 10.2. The van der Waals surface area contributed by atoms with Crippen LogP contribution in [0.25, 0.3) is 0 Å². The van der Waals surface area contributed by atoms with Crippen LogP contribution in [-0.4, -0.2) is 30.7 Å². The van der Waals surface area contributed by atoms with Gasteiger partial charge in [-0.05, 0) is 24.6 Å². The molecule has 0 aliphatic rings. The molecule has 0 spiro atoms. The molecular weight excluding hydrogens is 302 g/mol. The molecule has 2 rings (SSSR count). The Morgan fingerprint density at radius 2 is 2.00 bits per heavy atom. The quantitative estimate of drug-likeness (QED) is 0.396. The lowest BCUT2D eigenvalue weighted by atomic mass is 10.1. The summed E-state index contributed by atoms with van der Waals surface area (Å²) in [4.78, 5) is 4.46. The predicted octanol–water partition coefficient (Wildman–Crippen LogP) is 2.67. The number of hydrogen-bond acceptors (Lipinski definition) is 3. The zero-order valence-electron chi connectivity index (χ0n) is 14.0. The van der Waals surface area contributed by atoms with E-state index in [1.807, 2.05) is 49.4 Å². The Morgan fingerprint density at radius 1 is 1.21 bits per heavy atom. The largest absolute Gasteiger partial charge is 0.469 e. The number of furan rings is 1. The molecule has 3 N–H and O–H groups in total. The van der Waals surface area contributed by atoms with Crippen molar-refractivity contribution in [3.63, 3.8) is 0 Å². The number of aliphatic hydroxyl groups is 1. The van der Waals surface area contributed by atoms with Gasteiger partial charge in [0.15, 0.2) is 5.96 Å². The lowest BCUT2D eigenvalue weighted by molar-refractivity contribution is 0.187. The number of guanidine groups is 1. The lowest BCUT2D eigenvalue weighted by Gasteiger charge is -2.14. The predicted molar refractivity (Wildman–Crippen MR) is 96.9 cm³/mol. The molecule has 0 aliphatic carbocycles. The fourth-order valence-electron chi connectivity index (χ4n) is 2.13. The Morgan fingerprint density at radius 3 is 2.67 bits per heavy atom. The molecule has 0 fully saturated rings. The molecule has 1 unspecified atom stereocenters. The van der Waals surface area contributed by atoms with Gasteiger partial charge in [0.2, 0.25) is 0 Å². The molecule has 2 aromatic rings. The Balaban J connectivity index is 1.89. The number of rotatable bonds is 8. The van der Waals surface area contributed by atoms with Crippen LogP contribution >= 0.6 is 0 Å². The minimum absolute atomic E-state index is 0.288. The standard InChI is InChI=1S/C19H25N3O2/c1-15(2)13-21-19(20-11-10-17-9-6-12-24-17)22-14-18(23)16-7-4-3-5-8-16/h3-9,12,18,23H,1,10-11,13-14H2,2H3,(H2,20,21,22). The van der Waals surface area contributed by atoms with Crippen LogP contribution in [0.5, 0.6) is 0 Å². The highest BCUT2D eigenvalue weighted by molar-refractivity contribution is 5.80. The first-order valence-corrected chi connectivity index (χ1v) is 8.07. The molecule has 0 saturated carbocycles. The van der Waals surface area contributed by atoms with Crippen molar-refractivity contribution in [1.29, 1.82) is 0 Å². The summed E-state index contributed by atoms with van der Waals surface area (Å²) in [5.74, 6) is 1.57. The van der Waals surface area contributed by atoms with Gasteiger partial charge in [-0.1, -0.05) is 42.5 Å². The summed E-state index contributed by atoms with van der Waals surface area (Å²) in [6, 6.07) is 13.3. The van der Waals surface area contributed by atoms with Crippen molar-refractivity contribution in [2.75, 3.05) is 19.6 Å². The first-order valence-electron chi connectivity index (χ1n) is 8.07. The fourth-order valence-corrected chi connectivity index (χ4v) is 2.13. The molecule has 0 aliphatic heterocycles. The number of nitrogens with one attached hydrogen (secondary N) is 2. The van der Waals surface area contributed by atoms with Crippen LogP contribution in [0.3, 0.4) is 0 Å². The van der Waals surface area contributed by atoms with Crippen LogP contribution in [0.4, 0.5) is 0 Å². The number of hydrogen-bond donors (Lipinski definition) is 3. The normalized spacial score (nSPS) is 12.7. The highest BCUT2D eigenvalue weighted by Gasteiger charge is 2.07. The van der Waals surface area contributed by atoms with Crippen molar-refractivity contribution in [2.24, 2.45) is 4.99 Å². The van der Waals surface area contributed by atoms with Crippen LogP contribution in [-0.2, 0) is 6.42 Å². The molecule has 5 heteroatoms. The van der Waals surface area contributed by atoms with E-state index in [0.29, 0.717) is 19.0 Å². The molecule has 0 bridgehead atoms. The topological polar surface area (TPSA) is 69.8 Å². The van der Waals surface area contributed by atoms with E-state index in [0.717, 1.165) is 23.3 Å². The van der Waals surface area contributed by atoms with Gasteiger partial charge in [-0.2, -0.15) is 0 Å². The summed E-state index contributed by atoms with van der Waals surface area (Å²) in [5, 5.41) is 16.7. The fraction of sp³-hybridized carbons (Fsp3) is 0.316. The molecule has 24 heavy (non-hydrogen) atoms. The van der Waals surface area contributed by atoms with Crippen LogP contribution in [0.2, 0.25) is 0 Å². The maximum absolute atomic E-state index is 10.2. The van der Waals surface area contributed by atoms with Crippen LogP contribution in [0.1, 0.15) is 24.4 Å². The molecule has 5 nitrogen and oxygen atoms in total. The van der Waals surface area contributed by atoms with E-state index < -0.39 is 6.10 Å². The van der Waals surface area contributed by atoms with E-state index >= 15 is 0 Å². The van der Waals surface area contributed by atoms with Gasteiger partial charge in [0, 0.05) is 19.5 Å². The maximum Gasteiger partial charge on any atom is 0.191 e. The van der Waals surface area contributed by atoms with Gasteiger partial charge >= 0.3 is 0 Å². The van der Waals surface area contributed by atoms with E-state index in [4.69, 9.17) is 4.42 Å². The lowest BCUT2D eigenvalue weighted by Crippen LogP contribution is -2.39. The Kier molecular flexibility index (Phi) is 7.11. The third-order valence-electron chi connectivity index (χ3n) is 3.41. The molecule has 1 aromatic heterocycles. The summed E-state index contributed by atoms with van der Waals surface area (Å²) in [6.45, 7) is 7.44. The molecule has 1 atom stereocenters. The van der Waals surface area contributed by atoms with Gasteiger partial charge in [0.25, 0.3) is 0 Å². The minimum Gasteiger partial charge on any atom is -0.469 e. The van der Waals surface area contributed by atoms with Crippen LogP contribution < -0.4 is 10.6 Å². The van der Waals surface area contributed by atoms with Crippen LogP contribution in [0.15, 0.2) is 70.3 Å². The summed E-state index contributed by atoms with van der Waals surface area (Å²) in [5.41, 5.74) is 1.87. The number of benzene rings is 1. The number of aliphatic imine (C=N–C) groups is 1. The average molecular weight is 327 g/mol. The van der Waals surface area contributed by atoms with E-state index in [1.54, 1.807) is 6.26 Å². The van der Waals surface area contributed by atoms with Gasteiger partial charge in [-0.3, -0.25) is 4.99 Å². The van der Waals surface area contributed by atoms with Crippen molar-refractivity contribution < 1.29 is 9.52 Å². The summed E-state index contributed by atoms with van der Waals surface area (Å²) < 4.78 is 5.32. The van der Waals surface area contributed by atoms with E-state index in [-0.39, 0.29) is 6.54 Å². The summed E-state index contributed by atoms with van der Waals surface area (Å²) in [7, 11) is 0. The van der Waals surface area contributed by atoms with Crippen LogP contribution in [0, 0.1) is 0 Å². The number of nitrogens with zero attached hydrogens (tertiary/aromatic N) is 1. The molecule has 1 heterocycles. The minimum atomic E-state index is -0.625. The van der Waals surface area contributed by atoms with Gasteiger partial charge < -0.3 is 20.2 Å². The highest BCUT2D eigenvalue weighted by Crippen LogP contribution is 2.11. The van der Waals surface area contributed by atoms with Crippen molar-refractivity contribution in [2.45, 2.75) is 19.4 Å². The van der Waals surface area contributed by atoms with Gasteiger partial charge in [0.1, 0.15) is 5.76 Å². The first kappa shape index (κ1) is 17.8. The molecule has 0 radical (unpaired) electrons. The molecule has 1 aromatic carbocycles. The SMILES string of the molecule is C=C(C)CNC(=NCC(O)c1ccccc1)NCCc1ccco1. The number of aliphatic hydroxyl groups excluding tert-OH is 1. The molecule has 0 saturated heterocycles. The van der Waals surface area contributed by atoms with E-state index in [1.165, 1.54) is 0 Å². The zero-order valence-corrected chi connectivity index (χ0v) is 14.0. The van der Waals surface area contributed by atoms with Crippen molar-refractivity contribution >= 4 is 5.96 Å². The van der Waals surface area contributed by atoms with E-state index in [2.05, 4.69) is 22.2 Å². The first-order chi connectivity index (χ1) is 11.6. The summed E-state index contributed by atoms with van der Waals surface area (Å²) >= 11 is 0. The van der Waals surface area contributed by atoms with E-state index in [9.17, 15) is 5.11 Å². The Hall–Kier alpha value is -2.53. The molecule has 128 valence electrons. The third kappa shape index (κ3) is 6.30. The highest BCUT2D eigenvalue weighted by atomic mass is 16.3. The van der Waals surface area contributed by atoms with Gasteiger partial charge in [-0.25, -0.2) is 0 Å².